The Balaban J connectivity index is 1.91. The Morgan fingerprint density at radius 2 is 2.15 bits per heavy atom. The number of fused-ring (bicyclic) bond motifs is 1. The molecule has 108 valence electrons. The molecule has 1 aliphatic rings. The predicted molar refractivity (Wildman–Crippen MR) is 82.1 cm³/mol. The van der Waals surface area contributed by atoms with Crippen molar-refractivity contribution in [1.29, 1.82) is 0 Å². The van der Waals surface area contributed by atoms with Gasteiger partial charge in [-0.05, 0) is 18.3 Å². The molecule has 0 aromatic carbocycles. The summed E-state index contributed by atoms with van der Waals surface area (Å²) in [5, 5.41) is 6.74. The molecule has 2 heterocycles. The first kappa shape index (κ1) is 13.2. The molecule has 0 amide bonds. The van der Waals surface area contributed by atoms with Gasteiger partial charge < -0.3 is 15.0 Å². The fourth-order valence-electron chi connectivity index (χ4n) is 3.11. The van der Waals surface area contributed by atoms with Crippen molar-refractivity contribution in [3.8, 4) is 0 Å². The lowest BCUT2D eigenvalue weighted by Crippen LogP contribution is -2.35. The minimum atomic E-state index is 0.485. The van der Waals surface area contributed by atoms with Crippen molar-refractivity contribution in [2.75, 3.05) is 17.7 Å². The second kappa shape index (κ2) is 5.31. The molecule has 5 heteroatoms. The number of nitrogens with zero attached hydrogens (tertiary/aromatic N) is 3. The van der Waals surface area contributed by atoms with Gasteiger partial charge in [0, 0.05) is 25.5 Å². The molecule has 0 bridgehead atoms. The summed E-state index contributed by atoms with van der Waals surface area (Å²) in [6.45, 7) is 4.69. The molecule has 2 N–H and O–H groups in total. The van der Waals surface area contributed by atoms with Gasteiger partial charge in [-0.2, -0.15) is 0 Å². The third kappa shape index (κ3) is 2.32. The molecule has 2 aromatic heterocycles. The van der Waals surface area contributed by atoms with E-state index in [2.05, 4.69) is 34.4 Å². The topological polar surface area (TPSA) is 54.2 Å². The molecular weight excluding hydrogens is 250 g/mol. The summed E-state index contributed by atoms with van der Waals surface area (Å²) in [7, 11) is 1.89. The first-order chi connectivity index (χ1) is 9.69. The van der Waals surface area contributed by atoms with Crippen molar-refractivity contribution in [2.45, 2.75) is 39.2 Å². The summed E-state index contributed by atoms with van der Waals surface area (Å²) >= 11 is 0. The quantitative estimate of drug-likeness (QED) is 0.902. The molecule has 3 atom stereocenters. The standard InChI is InChI=1S/C15H23N5/c1-10-5-4-6-12(11(10)2)18-14-15-17-7-8-20(15)9-13(16-3)19-14/h7-12,16H,4-6H2,1-3H3,(H,18,19). The van der Waals surface area contributed by atoms with Gasteiger partial charge in [0.1, 0.15) is 5.82 Å². The van der Waals surface area contributed by atoms with Crippen LogP contribution < -0.4 is 10.6 Å². The molecule has 0 saturated heterocycles. The number of aromatic nitrogens is 3. The second-order valence-corrected chi connectivity index (χ2v) is 5.90. The van der Waals surface area contributed by atoms with Crippen LogP contribution in [0.5, 0.6) is 0 Å². The van der Waals surface area contributed by atoms with Gasteiger partial charge in [-0.15, -0.1) is 0 Å². The van der Waals surface area contributed by atoms with Crippen LogP contribution in [0.15, 0.2) is 18.6 Å². The van der Waals surface area contributed by atoms with Crippen LogP contribution in [-0.2, 0) is 0 Å². The molecule has 1 aliphatic carbocycles. The largest absolute Gasteiger partial charge is 0.372 e. The van der Waals surface area contributed by atoms with Crippen molar-refractivity contribution in [3.05, 3.63) is 18.6 Å². The van der Waals surface area contributed by atoms with Crippen LogP contribution in [0, 0.1) is 11.8 Å². The molecule has 0 radical (unpaired) electrons. The van der Waals surface area contributed by atoms with Gasteiger partial charge in [0.25, 0.3) is 0 Å². The van der Waals surface area contributed by atoms with Crippen LogP contribution in [0.3, 0.4) is 0 Å². The SMILES string of the molecule is CNc1cn2ccnc2c(NC2CCCC(C)C2C)n1. The van der Waals surface area contributed by atoms with Gasteiger partial charge in [-0.1, -0.05) is 26.7 Å². The van der Waals surface area contributed by atoms with E-state index in [1.807, 2.05) is 30.0 Å². The summed E-state index contributed by atoms with van der Waals surface area (Å²) in [5.41, 5.74) is 0.898. The molecular formula is C15H23N5. The Morgan fingerprint density at radius 3 is 2.95 bits per heavy atom. The summed E-state index contributed by atoms with van der Waals surface area (Å²) < 4.78 is 2.01. The third-order valence-corrected chi connectivity index (χ3v) is 4.66. The van der Waals surface area contributed by atoms with E-state index in [4.69, 9.17) is 0 Å². The molecule has 5 nitrogen and oxygen atoms in total. The van der Waals surface area contributed by atoms with E-state index >= 15 is 0 Å². The Morgan fingerprint density at radius 1 is 1.30 bits per heavy atom. The summed E-state index contributed by atoms with van der Waals surface area (Å²) in [6.07, 6.45) is 9.57. The van der Waals surface area contributed by atoms with E-state index in [0.717, 1.165) is 23.2 Å². The monoisotopic (exact) mass is 273 g/mol. The van der Waals surface area contributed by atoms with E-state index in [0.29, 0.717) is 12.0 Å². The van der Waals surface area contributed by atoms with E-state index < -0.39 is 0 Å². The first-order valence-corrected chi connectivity index (χ1v) is 7.47. The highest BCUT2D eigenvalue weighted by atomic mass is 15.1. The molecule has 1 fully saturated rings. The number of imidazole rings is 1. The first-order valence-electron chi connectivity index (χ1n) is 7.47. The van der Waals surface area contributed by atoms with Crippen LogP contribution in [0.2, 0.25) is 0 Å². The lowest BCUT2D eigenvalue weighted by molar-refractivity contribution is 0.253. The third-order valence-electron chi connectivity index (χ3n) is 4.66. The lowest BCUT2D eigenvalue weighted by atomic mass is 9.78. The number of hydrogen-bond acceptors (Lipinski definition) is 4. The van der Waals surface area contributed by atoms with E-state index in [-0.39, 0.29) is 0 Å². The van der Waals surface area contributed by atoms with Crippen LogP contribution in [0.4, 0.5) is 11.6 Å². The van der Waals surface area contributed by atoms with Crippen molar-refractivity contribution in [2.24, 2.45) is 11.8 Å². The van der Waals surface area contributed by atoms with Crippen LogP contribution in [0.25, 0.3) is 5.65 Å². The minimum absolute atomic E-state index is 0.485. The number of nitrogens with one attached hydrogen (secondary N) is 2. The fraction of sp³-hybridized carbons (Fsp3) is 0.600. The maximum absolute atomic E-state index is 4.64. The average molecular weight is 273 g/mol. The number of hydrogen-bond donors (Lipinski definition) is 2. The minimum Gasteiger partial charge on any atom is -0.372 e. The molecule has 3 unspecified atom stereocenters. The normalized spacial score (nSPS) is 26.6. The molecule has 3 rings (SSSR count). The molecule has 0 spiro atoms. The zero-order valence-corrected chi connectivity index (χ0v) is 12.4. The second-order valence-electron chi connectivity index (χ2n) is 5.90. The van der Waals surface area contributed by atoms with Crippen molar-refractivity contribution >= 4 is 17.3 Å². The zero-order valence-electron chi connectivity index (χ0n) is 12.4. The summed E-state index contributed by atoms with van der Waals surface area (Å²) in [4.78, 5) is 9.05. The Bertz CT molecular complexity index is 591. The van der Waals surface area contributed by atoms with Crippen molar-refractivity contribution in [3.63, 3.8) is 0 Å². The van der Waals surface area contributed by atoms with Crippen molar-refractivity contribution < 1.29 is 0 Å². The van der Waals surface area contributed by atoms with Gasteiger partial charge in [-0.3, -0.25) is 0 Å². The molecule has 0 aliphatic heterocycles. The smallest absolute Gasteiger partial charge is 0.180 e. The molecule has 2 aromatic rings. The van der Waals surface area contributed by atoms with Crippen LogP contribution in [0.1, 0.15) is 33.1 Å². The van der Waals surface area contributed by atoms with Gasteiger partial charge in [0.15, 0.2) is 11.5 Å². The number of anilines is 2. The van der Waals surface area contributed by atoms with Crippen molar-refractivity contribution in [1.82, 2.24) is 14.4 Å². The average Bonchev–Trinajstić information content (AvgIpc) is 2.92. The Hall–Kier alpha value is -1.78. The molecule has 20 heavy (non-hydrogen) atoms. The zero-order chi connectivity index (χ0) is 14.1. The summed E-state index contributed by atoms with van der Waals surface area (Å²) in [5.74, 6) is 3.17. The van der Waals surface area contributed by atoms with Gasteiger partial charge >= 0.3 is 0 Å². The predicted octanol–water partition coefficient (Wildman–Crippen LogP) is 3.01. The molecule has 1 saturated carbocycles. The number of rotatable bonds is 3. The highest BCUT2D eigenvalue weighted by molar-refractivity contribution is 5.65. The lowest BCUT2D eigenvalue weighted by Gasteiger charge is -2.35. The van der Waals surface area contributed by atoms with Gasteiger partial charge in [-0.25, -0.2) is 9.97 Å². The van der Waals surface area contributed by atoms with E-state index in [9.17, 15) is 0 Å². The van der Waals surface area contributed by atoms with Gasteiger partial charge in [0.2, 0.25) is 0 Å². The van der Waals surface area contributed by atoms with Gasteiger partial charge in [0.05, 0.1) is 6.20 Å². The maximum atomic E-state index is 4.64. The highest BCUT2D eigenvalue weighted by Crippen LogP contribution is 2.32. The summed E-state index contributed by atoms with van der Waals surface area (Å²) in [6, 6.07) is 0.485. The van der Waals surface area contributed by atoms with Crippen LogP contribution >= 0.6 is 0 Å². The Labute approximate surface area is 119 Å². The van der Waals surface area contributed by atoms with E-state index in [1.165, 1.54) is 19.3 Å². The highest BCUT2D eigenvalue weighted by Gasteiger charge is 2.27. The Kier molecular flexibility index (Phi) is 3.51. The maximum Gasteiger partial charge on any atom is 0.180 e. The van der Waals surface area contributed by atoms with E-state index in [1.54, 1.807) is 0 Å². The fourth-order valence-corrected chi connectivity index (χ4v) is 3.11. The van der Waals surface area contributed by atoms with Crippen LogP contribution in [-0.4, -0.2) is 27.5 Å².